The molecule has 134 valence electrons. The Labute approximate surface area is 154 Å². The summed E-state index contributed by atoms with van der Waals surface area (Å²) in [6.45, 7) is 3.52. The molecule has 0 aromatic heterocycles. The lowest BCUT2D eigenvalue weighted by atomic mass is 10.1. The van der Waals surface area contributed by atoms with Crippen LogP contribution < -0.4 is 0 Å². The standard InChI is InChI=1S/C20H18O4S2/c1-15-13-19(25(21,22)17-9-5-3-6-10-17)20(14-16(15)2)26(23,24)18-11-7-4-8-12-18/h3-14H,1-2H3. The van der Waals surface area contributed by atoms with E-state index in [1.54, 1.807) is 50.2 Å². The van der Waals surface area contributed by atoms with E-state index in [2.05, 4.69) is 0 Å². The van der Waals surface area contributed by atoms with E-state index < -0.39 is 19.7 Å². The summed E-state index contributed by atoms with van der Waals surface area (Å²) >= 11 is 0. The number of benzene rings is 3. The van der Waals surface area contributed by atoms with Crippen molar-refractivity contribution in [3.05, 3.63) is 83.9 Å². The van der Waals surface area contributed by atoms with Gasteiger partial charge in [0.2, 0.25) is 19.7 Å². The normalized spacial score (nSPS) is 12.1. The number of hydrogen-bond acceptors (Lipinski definition) is 4. The number of rotatable bonds is 4. The van der Waals surface area contributed by atoms with Gasteiger partial charge in [-0.15, -0.1) is 0 Å². The summed E-state index contributed by atoms with van der Waals surface area (Å²) in [6, 6.07) is 18.6. The van der Waals surface area contributed by atoms with Gasteiger partial charge < -0.3 is 0 Å². The first-order valence-electron chi connectivity index (χ1n) is 7.96. The van der Waals surface area contributed by atoms with Crippen molar-refractivity contribution in [3.8, 4) is 0 Å². The second-order valence-corrected chi connectivity index (χ2v) is 9.85. The highest BCUT2D eigenvalue weighted by Gasteiger charge is 2.29. The molecule has 0 fully saturated rings. The molecule has 3 aromatic rings. The van der Waals surface area contributed by atoms with E-state index in [1.807, 2.05) is 0 Å². The van der Waals surface area contributed by atoms with Gasteiger partial charge in [-0.25, -0.2) is 16.8 Å². The molecule has 0 spiro atoms. The van der Waals surface area contributed by atoms with E-state index in [-0.39, 0.29) is 19.6 Å². The van der Waals surface area contributed by atoms with Crippen LogP contribution in [0.15, 0.2) is 92.4 Å². The SMILES string of the molecule is Cc1cc(S(=O)(=O)c2ccccc2)c(S(=O)(=O)c2ccccc2)cc1C. The third kappa shape index (κ3) is 3.18. The molecule has 0 saturated carbocycles. The topological polar surface area (TPSA) is 68.3 Å². The monoisotopic (exact) mass is 386 g/mol. The van der Waals surface area contributed by atoms with Crippen LogP contribution in [0.25, 0.3) is 0 Å². The van der Waals surface area contributed by atoms with Gasteiger partial charge in [-0.3, -0.25) is 0 Å². The quantitative estimate of drug-likeness (QED) is 0.680. The maximum atomic E-state index is 13.1. The molecule has 6 heteroatoms. The van der Waals surface area contributed by atoms with E-state index in [0.717, 1.165) is 0 Å². The molecule has 0 saturated heterocycles. The first-order chi connectivity index (χ1) is 12.2. The Morgan fingerprint density at radius 2 is 0.846 bits per heavy atom. The molecule has 0 unspecified atom stereocenters. The van der Waals surface area contributed by atoms with E-state index >= 15 is 0 Å². The van der Waals surface area contributed by atoms with Gasteiger partial charge >= 0.3 is 0 Å². The van der Waals surface area contributed by atoms with E-state index in [4.69, 9.17) is 0 Å². The Hall–Kier alpha value is -2.44. The number of hydrogen-bond donors (Lipinski definition) is 0. The molecule has 3 aromatic carbocycles. The van der Waals surface area contributed by atoms with Crippen LogP contribution in [0.5, 0.6) is 0 Å². The lowest BCUT2D eigenvalue weighted by molar-refractivity contribution is 0.582. The molecular formula is C20H18O4S2. The molecule has 0 amide bonds. The fraction of sp³-hybridized carbons (Fsp3) is 0.100. The summed E-state index contributed by atoms with van der Waals surface area (Å²) in [5.41, 5.74) is 1.43. The highest BCUT2D eigenvalue weighted by molar-refractivity contribution is 7.94. The van der Waals surface area contributed by atoms with Crippen LogP contribution in [-0.4, -0.2) is 16.8 Å². The molecule has 0 radical (unpaired) electrons. The summed E-state index contributed by atoms with van der Waals surface area (Å²) < 4.78 is 52.5. The van der Waals surface area contributed by atoms with Crippen LogP contribution in [0.1, 0.15) is 11.1 Å². The molecule has 0 aliphatic carbocycles. The van der Waals surface area contributed by atoms with Gasteiger partial charge in [0.15, 0.2) is 0 Å². The Kier molecular flexibility index (Phi) is 4.73. The molecule has 0 aliphatic rings. The molecule has 3 rings (SSSR count). The van der Waals surface area contributed by atoms with Crippen molar-refractivity contribution >= 4 is 19.7 Å². The van der Waals surface area contributed by atoms with Crippen LogP contribution >= 0.6 is 0 Å². The zero-order chi connectivity index (χ0) is 18.9. The lowest BCUT2D eigenvalue weighted by Crippen LogP contribution is -2.12. The van der Waals surface area contributed by atoms with Crippen molar-refractivity contribution in [2.24, 2.45) is 0 Å². The van der Waals surface area contributed by atoms with Crippen LogP contribution in [0.4, 0.5) is 0 Å². The molecule has 0 bridgehead atoms. The molecule has 0 atom stereocenters. The van der Waals surface area contributed by atoms with Crippen LogP contribution in [0.3, 0.4) is 0 Å². The summed E-state index contributed by atoms with van der Waals surface area (Å²) in [5.74, 6) is 0. The highest BCUT2D eigenvalue weighted by Crippen LogP contribution is 2.33. The predicted octanol–water partition coefficient (Wildman–Crippen LogP) is 3.97. The van der Waals surface area contributed by atoms with Gasteiger partial charge in [0.05, 0.1) is 19.6 Å². The second kappa shape index (κ2) is 6.70. The van der Waals surface area contributed by atoms with Crippen LogP contribution in [-0.2, 0) is 19.7 Å². The van der Waals surface area contributed by atoms with Gasteiger partial charge in [0.25, 0.3) is 0 Å². The fourth-order valence-electron chi connectivity index (χ4n) is 2.64. The van der Waals surface area contributed by atoms with Gasteiger partial charge in [0.1, 0.15) is 0 Å². The number of aryl methyl sites for hydroxylation is 2. The Morgan fingerprint density at radius 1 is 0.538 bits per heavy atom. The van der Waals surface area contributed by atoms with E-state index in [9.17, 15) is 16.8 Å². The molecule has 4 nitrogen and oxygen atoms in total. The molecule has 0 heterocycles. The Morgan fingerprint density at radius 3 is 1.15 bits per heavy atom. The van der Waals surface area contributed by atoms with Crippen LogP contribution in [0, 0.1) is 13.8 Å². The number of sulfone groups is 2. The average Bonchev–Trinajstić information content (AvgIpc) is 2.65. The maximum Gasteiger partial charge on any atom is 0.207 e. The fourth-order valence-corrected chi connectivity index (χ4v) is 6.14. The Bertz CT molecular complexity index is 1050. The predicted molar refractivity (Wildman–Crippen MR) is 99.7 cm³/mol. The minimum atomic E-state index is -3.98. The smallest absolute Gasteiger partial charge is 0.207 e. The molecular weight excluding hydrogens is 368 g/mol. The van der Waals surface area contributed by atoms with Gasteiger partial charge in [0, 0.05) is 0 Å². The zero-order valence-corrected chi connectivity index (χ0v) is 16.0. The van der Waals surface area contributed by atoms with Crippen LogP contribution in [0.2, 0.25) is 0 Å². The average molecular weight is 386 g/mol. The largest absolute Gasteiger partial charge is 0.218 e. The summed E-state index contributed by atoms with van der Waals surface area (Å²) in [6.07, 6.45) is 0. The molecule has 26 heavy (non-hydrogen) atoms. The first-order valence-corrected chi connectivity index (χ1v) is 10.9. The van der Waals surface area contributed by atoms with E-state index in [1.165, 1.54) is 36.4 Å². The van der Waals surface area contributed by atoms with Crippen molar-refractivity contribution < 1.29 is 16.8 Å². The molecule has 0 aliphatic heterocycles. The van der Waals surface area contributed by atoms with Crippen molar-refractivity contribution in [3.63, 3.8) is 0 Å². The van der Waals surface area contributed by atoms with Crippen molar-refractivity contribution in [2.75, 3.05) is 0 Å². The van der Waals surface area contributed by atoms with Gasteiger partial charge in [-0.05, 0) is 61.4 Å². The first kappa shape index (κ1) is 18.4. The van der Waals surface area contributed by atoms with Crippen molar-refractivity contribution in [1.29, 1.82) is 0 Å². The maximum absolute atomic E-state index is 13.1. The molecule has 0 N–H and O–H groups in total. The summed E-state index contributed by atoms with van der Waals surface area (Å²) in [7, 11) is -7.96. The van der Waals surface area contributed by atoms with E-state index in [0.29, 0.717) is 11.1 Å². The van der Waals surface area contributed by atoms with Crippen molar-refractivity contribution in [2.45, 2.75) is 33.4 Å². The Balaban J connectivity index is 2.34. The third-order valence-electron chi connectivity index (χ3n) is 4.25. The minimum Gasteiger partial charge on any atom is -0.218 e. The van der Waals surface area contributed by atoms with Gasteiger partial charge in [-0.1, -0.05) is 36.4 Å². The van der Waals surface area contributed by atoms with Crippen molar-refractivity contribution in [1.82, 2.24) is 0 Å². The zero-order valence-electron chi connectivity index (χ0n) is 14.4. The third-order valence-corrected chi connectivity index (χ3v) is 7.99. The lowest BCUT2D eigenvalue weighted by Gasteiger charge is -2.14. The minimum absolute atomic E-state index is 0.0627. The van der Waals surface area contributed by atoms with Gasteiger partial charge in [-0.2, -0.15) is 0 Å². The highest BCUT2D eigenvalue weighted by atomic mass is 32.2. The second-order valence-electron chi connectivity index (χ2n) is 6.02. The summed E-state index contributed by atoms with van der Waals surface area (Å²) in [5, 5.41) is 0. The summed E-state index contributed by atoms with van der Waals surface area (Å²) in [4.78, 5) is -0.271.